The van der Waals surface area contributed by atoms with Gasteiger partial charge in [-0.15, -0.1) is 0 Å². The van der Waals surface area contributed by atoms with E-state index in [1.165, 1.54) is 0 Å². The molecule has 0 saturated heterocycles. The van der Waals surface area contributed by atoms with E-state index in [2.05, 4.69) is 10.6 Å². The third kappa shape index (κ3) is 11.8. The van der Waals surface area contributed by atoms with Crippen LogP contribution in [0.5, 0.6) is 0 Å². The molecule has 3 N–H and O–H groups in total. The number of amides is 2. The number of hydrogen-bond donors (Lipinski definition) is 3. The molecular weight excluding hydrogens is 364 g/mol. The number of hydrogen-bond acceptors (Lipinski definition) is 5. The van der Waals surface area contributed by atoms with Crippen LogP contribution in [0.25, 0.3) is 0 Å². The van der Waals surface area contributed by atoms with Crippen LogP contribution in [0.1, 0.15) is 52.0 Å². The molecule has 0 aliphatic carbocycles. The second-order valence-corrected chi connectivity index (χ2v) is 7.43. The molecule has 0 spiro atoms. The Morgan fingerprint density at radius 2 is 1.75 bits per heavy atom. The Kier molecular flexibility index (Phi) is 9.84. The van der Waals surface area contributed by atoms with Crippen molar-refractivity contribution < 1.29 is 29.0 Å². The summed E-state index contributed by atoms with van der Waals surface area (Å²) in [5.74, 6) is -0.997. The maximum absolute atomic E-state index is 11.8. The lowest BCUT2D eigenvalue weighted by Crippen LogP contribution is -2.40. The smallest absolute Gasteiger partial charge is 0.407 e. The zero-order chi connectivity index (χ0) is 21.0. The molecule has 1 rings (SSSR count). The van der Waals surface area contributed by atoms with E-state index < -0.39 is 29.8 Å². The number of carbonyl (C=O) groups is 3. The van der Waals surface area contributed by atoms with Crippen LogP contribution in [-0.2, 0) is 20.9 Å². The fraction of sp³-hybridized carbons (Fsp3) is 0.550. The lowest BCUT2D eigenvalue weighted by molar-refractivity contribution is -0.137. The van der Waals surface area contributed by atoms with Crippen LogP contribution in [0.3, 0.4) is 0 Å². The molecule has 0 aliphatic rings. The number of benzene rings is 1. The molecule has 2 amide bonds. The molecule has 1 aromatic rings. The molecule has 156 valence electrons. The zero-order valence-electron chi connectivity index (χ0n) is 16.7. The van der Waals surface area contributed by atoms with Crippen LogP contribution in [0.15, 0.2) is 30.3 Å². The van der Waals surface area contributed by atoms with Crippen LogP contribution in [0.2, 0.25) is 0 Å². The average Bonchev–Trinajstić information content (AvgIpc) is 2.58. The highest BCUT2D eigenvalue weighted by atomic mass is 16.6. The van der Waals surface area contributed by atoms with E-state index in [1.807, 2.05) is 30.3 Å². The van der Waals surface area contributed by atoms with E-state index >= 15 is 0 Å². The maximum atomic E-state index is 11.8. The number of alkyl carbamates (subject to hydrolysis) is 2. The number of carboxylic acids is 1. The summed E-state index contributed by atoms with van der Waals surface area (Å²) in [4.78, 5) is 34.4. The second-order valence-electron chi connectivity index (χ2n) is 7.43. The second kappa shape index (κ2) is 11.8. The first-order valence-electron chi connectivity index (χ1n) is 9.31. The molecular formula is C20H30N2O6. The quantitative estimate of drug-likeness (QED) is 0.524. The lowest BCUT2D eigenvalue weighted by atomic mass is 10.1. The number of ether oxygens (including phenoxy) is 2. The van der Waals surface area contributed by atoms with Gasteiger partial charge >= 0.3 is 18.2 Å². The highest BCUT2D eigenvalue weighted by Gasteiger charge is 2.21. The van der Waals surface area contributed by atoms with Crippen LogP contribution in [0, 0.1) is 0 Å². The fourth-order valence-corrected chi connectivity index (χ4v) is 2.39. The normalized spacial score (nSPS) is 12.0. The SMILES string of the molecule is CC(C)(C)OC(=O)NC(CCCCNC(=O)OCc1ccccc1)CC(=O)O. The number of nitrogens with one attached hydrogen (secondary N) is 2. The Balaban J connectivity index is 2.24. The van der Waals surface area contributed by atoms with E-state index in [1.54, 1.807) is 20.8 Å². The third-order valence-electron chi connectivity index (χ3n) is 3.60. The highest BCUT2D eigenvalue weighted by Crippen LogP contribution is 2.10. The largest absolute Gasteiger partial charge is 0.481 e. The Morgan fingerprint density at radius 1 is 1.07 bits per heavy atom. The van der Waals surface area contributed by atoms with Crippen LogP contribution in [0.4, 0.5) is 9.59 Å². The van der Waals surface area contributed by atoms with Crippen LogP contribution in [-0.4, -0.2) is 41.4 Å². The fourth-order valence-electron chi connectivity index (χ4n) is 2.39. The summed E-state index contributed by atoms with van der Waals surface area (Å²) in [6, 6.07) is 8.84. The predicted molar refractivity (Wildman–Crippen MR) is 104 cm³/mol. The zero-order valence-corrected chi connectivity index (χ0v) is 16.7. The summed E-state index contributed by atoms with van der Waals surface area (Å²) < 4.78 is 10.3. The minimum absolute atomic E-state index is 0.189. The summed E-state index contributed by atoms with van der Waals surface area (Å²) in [5, 5.41) is 14.2. The number of aliphatic carboxylic acids is 1. The monoisotopic (exact) mass is 394 g/mol. The highest BCUT2D eigenvalue weighted by molar-refractivity contribution is 5.71. The van der Waals surface area contributed by atoms with Crippen molar-refractivity contribution in [2.24, 2.45) is 0 Å². The molecule has 0 aromatic heterocycles. The molecule has 1 unspecified atom stereocenters. The van der Waals surface area contributed by atoms with Gasteiger partial charge in [0.15, 0.2) is 0 Å². The standard InChI is InChI=1S/C20H30N2O6/c1-20(2,3)28-19(26)22-16(13-17(23)24)11-7-8-12-21-18(25)27-14-15-9-5-4-6-10-15/h4-6,9-10,16H,7-8,11-14H2,1-3H3,(H,21,25)(H,22,26)(H,23,24). The van der Waals surface area contributed by atoms with Crippen molar-refractivity contribution in [2.75, 3.05) is 6.54 Å². The lowest BCUT2D eigenvalue weighted by Gasteiger charge is -2.23. The van der Waals surface area contributed by atoms with Gasteiger partial charge < -0.3 is 25.2 Å². The topological polar surface area (TPSA) is 114 Å². The van der Waals surface area contributed by atoms with Gasteiger partial charge in [-0.3, -0.25) is 4.79 Å². The summed E-state index contributed by atoms with van der Waals surface area (Å²) in [6.07, 6.45) is 0.399. The molecule has 0 heterocycles. The minimum Gasteiger partial charge on any atom is -0.481 e. The molecule has 0 fully saturated rings. The van der Waals surface area contributed by atoms with Crippen molar-refractivity contribution >= 4 is 18.2 Å². The average molecular weight is 394 g/mol. The minimum atomic E-state index is -0.997. The van der Waals surface area contributed by atoms with Crippen molar-refractivity contribution in [1.82, 2.24) is 10.6 Å². The van der Waals surface area contributed by atoms with Gasteiger partial charge in [0.25, 0.3) is 0 Å². The predicted octanol–water partition coefficient (Wildman–Crippen LogP) is 3.45. The van der Waals surface area contributed by atoms with Crippen LogP contribution >= 0.6 is 0 Å². The molecule has 28 heavy (non-hydrogen) atoms. The molecule has 1 aromatic carbocycles. The molecule has 0 saturated carbocycles. The van der Waals surface area contributed by atoms with E-state index in [-0.39, 0.29) is 13.0 Å². The van der Waals surface area contributed by atoms with Crippen molar-refractivity contribution in [3.8, 4) is 0 Å². The van der Waals surface area contributed by atoms with E-state index in [0.29, 0.717) is 25.8 Å². The number of carboxylic acid groups (broad SMARTS) is 1. The third-order valence-corrected chi connectivity index (χ3v) is 3.60. The maximum Gasteiger partial charge on any atom is 0.407 e. The Labute approximate surface area is 165 Å². The van der Waals surface area contributed by atoms with E-state index in [9.17, 15) is 14.4 Å². The molecule has 8 nitrogen and oxygen atoms in total. The van der Waals surface area contributed by atoms with Gasteiger partial charge in [-0.05, 0) is 45.6 Å². The van der Waals surface area contributed by atoms with Crippen molar-refractivity contribution in [3.05, 3.63) is 35.9 Å². The Hall–Kier alpha value is -2.77. The number of carbonyl (C=O) groups excluding carboxylic acids is 2. The Bertz CT molecular complexity index is 627. The van der Waals surface area contributed by atoms with Gasteiger partial charge in [-0.25, -0.2) is 9.59 Å². The first-order valence-corrected chi connectivity index (χ1v) is 9.31. The van der Waals surface area contributed by atoms with Crippen molar-refractivity contribution in [2.45, 2.75) is 64.7 Å². The first-order chi connectivity index (χ1) is 13.2. The van der Waals surface area contributed by atoms with Gasteiger partial charge in [0.05, 0.1) is 6.42 Å². The number of rotatable bonds is 10. The van der Waals surface area contributed by atoms with Gasteiger partial charge in [0.2, 0.25) is 0 Å². The van der Waals surface area contributed by atoms with Gasteiger partial charge in [-0.1, -0.05) is 30.3 Å². The summed E-state index contributed by atoms with van der Waals surface area (Å²) >= 11 is 0. The van der Waals surface area contributed by atoms with E-state index in [0.717, 1.165) is 5.56 Å². The summed E-state index contributed by atoms with van der Waals surface area (Å²) in [7, 11) is 0. The van der Waals surface area contributed by atoms with Gasteiger partial charge in [-0.2, -0.15) is 0 Å². The van der Waals surface area contributed by atoms with Crippen molar-refractivity contribution in [1.29, 1.82) is 0 Å². The van der Waals surface area contributed by atoms with Crippen molar-refractivity contribution in [3.63, 3.8) is 0 Å². The molecule has 8 heteroatoms. The van der Waals surface area contributed by atoms with Gasteiger partial charge in [0, 0.05) is 12.6 Å². The first kappa shape index (κ1) is 23.3. The summed E-state index contributed by atoms with van der Waals surface area (Å²) in [6.45, 7) is 5.82. The number of unbranched alkanes of at least 4 members (excludes halogenated alkanes) is 1. The summed E-state index contributed by atoms with van der Waals surface area (Å²) in [5.41, 5.74) is 0.254. The van der Waals surface area contributed by atoms with E-state index in [4.69, 9.17) is 14.6 Å². The Morgan fingerprint density at radius 3 is 2.36 bits per heavy atom. The molecule has 0 aliphatic heterocycles. The molecule has 1 atom stereocenters. The van der Waals surface area contributed by atoms with Crippen LogP contribution < -0.4 is 10.6 Å². The molecule has 0 bridgehead atoms. The van der Waals surface area contributed by atoms with Gasteiger partial charge in [0.1, 0.15) is 12.2 Å². The molecule has 0 radical (unpaired) electrons.